The molecule has 0 spiro atoms. The zero-order valence-electron chi connectivity index (χ0n) is 14.5. The Balaban J connectivity index is 1.17. The Bertz CT molecular complexity index is 705. The van der Waals surface area contributed by atoms with Crippen molar-refractivity contribution in [2.24, 2.45) is 0 Å². The topological polar surface area (TPSA) is 82.1 Å². The van der Waals surface area contributed by atoms with Crippen LogP contribution < -0.4 is 20.4 Å². The Hall–Kier alpha value is -2.32. The molecule has 0 radical (unpaired) electrons. The van der Waals surface area contributed by atoms with E-state index in [4.69, 9.17) is 0 Å². The summed E-state index contributed by atoms with van der Waals surface area (Å²) in [5.41, 5.74) is 1.55. The number of fused-ring (bicyclic) bond motifs is 4. The van der Waals surface area contributed by atoms with Crippen LogP contribution in [0.25, 0.3) is 11.4 Å². The van der Waals surface area contributed by atoms with Crippen LogP contribution in [0.15, 0.2) is 24.8 Å². The van der Waals surface area contributed by atoms with Crippen LogP contribution in [0.1, 0.15) is 12.8 Å². The SMILES string of the molecule is c1nc(N2CC3CC(C2)N3)cnc1-c1cnc(N2CC3CC(C2)N3)cn1. The summed E-state index contributed by atoms with van der Waals surface area (Å²) in [6.07, 6.45) is 9.93. The molecule has 4 atom stereocenters. The van der Waals surface area contributed by atoms with E-state index in [9.17, 15) is 0 Å². The molecule has 4 bridgehead atoms. The highest BCUT2D eigenvalue weighted by atomic mass is 15.3. The van der Waals surface area contributed by atoms with Crippen LogP contribution in [0.5, 0.6) is 0 Å². The third-order valence-electron chi connectivity index (χ3n) is 6.03. The van der Waals surface area contributed by atoms with Gasteiger partial charge >= 0.3 is 0 Å². The molecule has 26 heavy (non-hydrogen) atoms. The lowest BCUT2D eigenvalue weighted by atomic mass is 9.91. The summed E-state index contributed by atoms with van der Waals surface area (Å²) in [4.78, 5) is 23.0. The van der Waals surface area contributed by atoms with Crippen molar-refractivity contribution in [3.05, 3.63) is 24.8 Å². The van der Waals surface area contributed by atoms with Crippen LogP contribution in [0, 0.1) is 0 Å². The van der Waals surface area contributed by atoms with Gasteiger partial charge in [0.15, 0.2) is 0 Å². The normalized spacial score (nSPS) is 32.0. The maximum atomic E-state index is 4.61. The molecule has 6 saturated heterocycles. The first-order chi connectivity index (χ1) is 12.8. The quantitative estimate of drug-likeness (QED) is 0.803. The van der Waals surface area contributed by atoms with Crippen molar-refractivity contribution in [2.45, 2.75) is 37.0 Å². The maximum Gasteiger partial charge on any atom is 0.147 e. The Morgan fingerprint density at radius 1 is 0.615 bits per heavy atom. The van der Waals surface area contributed by atoms with Gasteiger partial charge in [-0.3, -0.25) is 0 Å². The van der Waals surface area contributed by atoms with Crippen molar-refractivity contribution in [1.82, 2.24) is 30.6 Å². The van der Waals surface area contributed by atoms with E-state index in [0.717, 1.165) is 49.2 Å². The van der Waals surface area contributed by atoms with Gasteiger partial charge in [-0.2, -0.15) is 0 Å². The minimum Gasteiger partial charge on any atom is -0.352 e. The monoisotopic (exact) mass is 350 g/mol. The Kier molecular flexibility index (Phi) is 3.18. The first kappa shape index (κ1) is 14.8. The minimum absolute atomic E-state index is 0.615. The summed E-state index contributed by atoms with van der Waals surface area (Å²) < 4.78 is 0. The molecule has 6 aliphatic rings. The highest BCUT2D eigenvalue weighted by molar-refractivity contribution is 5.55. The van der Waals surface area contributed by atoms with Gasteiger partial charge in [-0.1, -0.05) is 0 Å². The summed E-state index contributed by atoms with van der Waals surface area (Å²) in [6.45, 7) is 4.08. The van der Waals surface area contributed by atoms with Gasteiger partial charge < -0.3 is 20.4 Å². The van der Waals surface area contributed by atoms with Crippen molar-refractivity contribution in [3.63, 3.8) is 0 Å². The highest BCUT2D eigenvalue weighted by Crippen LogP contribution is 2.26. The number of anilines is 2. The van der Waals surface area contributed by atoms with Crippen LogP contribution in [-0.2, 0) is 0 Å². The first-order valence-corrected chi connectivity index (χ1v) is 9.46. The molecule has 0 saturated carbocycles. The van der Waals surface area contributed by atoms with Crippen molar-refractivity contribution in [2.75, 3.05) is 36.0 Å². The van der Waals surface area contributed by atoms with Gasteiger partial charge in [-0.15, -0.1) is 0 Å². The summed E-state index contributed by atoms with van der Waals surface area (Å²) in [5.74, 6) is 1.91. The third-order valence-corrected chi connectivity index (χ3v) is 6.03. The van der Waals surface area contributed by atoms with Gasteiger partial charge in [-0.05, 0) is 12.8 Å². The molecule has 6 aliphatic heterocycles. The van der Waals surface area contributed by atoms with Crippen molar-refractivity contribution in [3.8, 4) is 11.4 Å². The average Bonchev–Trinajstić information content (AvgIpc) is 2.67. The molecule has 8 nitrogen and oxygen atoms in total. The van der Waals surface area contributed by atoms with Gasteiger partial charge in [0.2, 0.25) is 0 Å². The van der Waals surface area contributed by atoms with E-state index in [1.54, 1.807) is 0 Å². The summed E-state index contributed by atoms with van der Waals surface area (Å²) in [7, 11) is 0. The molecular weight excluding hydrogens is 328 g/mol. The molecule has 134 valence electrons. The first-order valence-electron chi connectivity index (χ1n) is 9.46. The number of aromatic nitrogens is 4. The molecule has 0 amide bonds. The Morgan fingerprint density at radius 3 is 1.31 bits per heavy atom. The molecule has 0 aromatic carbocycles. The lowest BCUT2D eigenvalue weighted by Crippen LogP contribution is -2.67. The zero-order chi connectivity index (χ0) is 17.1. The van der Waals surface area contributed by atoms with Gasteiger partial charge in [0.05, 0.1) is 24.8 Å². The second-order valence-electron chi connectivity index (χ2n) is 7.92. The van der Waals surface area contributed by atoms with Gasteiger partial charge in [-0.25, -0.2) is 19.9 Å². The molecule has 2 aromatic heterocycles. The molecule has 8 heterocycles. The smallest absolute Gasteiger partial charge is 0.147 e. The van der Waals surface area contributed by atoms with E-state index in [1.807, 2.05) is 24.8 Å². The number of piperazine rings is 2. The lowest BCUT2D eigenvalue weighted by Gasteiger charge is -2.48. The number of piperidine rings is 2. The Morgan fingerprint density at radius 2 is 1.00 bits per heavy atom. The van der Waals surface area contributed by atoms with E-state index < -0.39 is 0 Å². The zero-order valence-corrected chi connectivity index (χ0v) is 14.5. The summed E-state index contributed by atoms with van der Waals surface area (Å²) in [5, 5.41) is 7.08. The maximum absolute atomic E-state index is 4.61. The molecular formula is C18H22N8. The fourth-order valence-electron chi connectivity index (χ4n) is 4.63. The predicted octanol–water partition coefficient (Wildman–Crippen LogP) is 0.0346. The highest BCUT2D eigenvalue weighted by Gasteiger charge is 2.37. The van der Waals surface area contributed by atoms with E-state index in [2.05, 4.69) is 40.4 Å². The molecule has 6 fully saturated rings. The standard InChI is InChI=1S/C18H22N8/c1-11-7-25(8-12(1)23-11)17-5-19-15(3-21-17)16-4-22-18(6-20-16)26-9-13-2-14(10-26)24-13/h3-6,11-14,23-24H,1-2,7-10H2. The third kappa shape index (κ3) is 2.44. The molecule has 8 rings (SSSR count). The van der Waals surface area contributed by atoms with Crippen molar-refractivity contribution < 1.29 is 0 Å². The van der Waals surface area contributed by atoms with E-state index in [-0.39, 0.29) is 0 Å². The fraction of sp³-hybridized carbons (Fsp3) is 0.556. The lowest BCUT2D eigenvalue weighted by molar-refractivity contribution is 0.225. The number of nitrogens with zero attached hydrogens (tertiary/aromatic N) is 6. The average molecular weight is 350 g/mol. The molecule has 8 heteroatoms. The van der Waals surface area contributed by atoms with Gasteiger partial charge in [0, 0.05) is 50.3 Å². The van der Waals surface area contributed by atoms with Crippen LogP contribution in [-0.4, -0.2) is 70.3 Å². The van der Waals surface area contributed by atoms with Gasteiger partial charge in [0.1, 0.15) is 23.0 Å². The fourth-order valence-corrected chi connectivity index (χ4v) is 4.63. The van der Waals surface area contributed by atoms with Crippen LogP contribution in [0.3, 0.4) is 0 Å². The Labute approximate surface area is 152 Å². The molecule has 2 aromatic rings. The number of rotatable bonds is 3. The van der Waals surface area contributed by atoms with Crippen molar-refractivity contribution >= 4 is 11.6 Å². The van der Waals surface area contributed by atoms with Crippen molar-refractivity contribution in [1.29, 1.82) is 0 Å². The number of hydrogen-bond acceptors (Lipinski definition) is 8. The second-order valence-corrected chi connectivity index (χ2v) is 7.92. The summed E-state index contributed by atoms with van der Waals surface area (Å²) >= 11 is 0. The number of nitrogens with one attached hydrogen (secondary N) is 2. The van der Waals surface area contributed by atoms with E-state index >= 15 is 0 Å². The number of hydrogen-bond donors (Lipinski definition) is 2. The predicted molar refractivity (Wildman–Crippen MR) is 98.1 cm³/mol. The van der Waals surface area contributed by atoms with Gasteiger partial charge in [0.25, 0.3) is 0 Å². The summed E-state index contributed by atoms with van der Waals surface area (Å²) in [6, 6.07) is 2.46. The molecule has 4 unspecified atom stereocenters. The van der Waals surface area contributed by atoms with E-state index in [0.29, 0.717) is 24.2 Å². The van der Waals surface area contributed by atoms with Crippen LogP contribution in [0.4, 0.5) is 11.6 Å². The van der Waals surface area contributed by atoms with Crippen LogP contribution in [0.2, 0.25) is 0 Å². The second kappa shape index (κ2) is 5.59. The minimum atomic E-state index is 0.615. The van der Waals surface area contributed by atoms with Crippen LogP contribution >= 0.6 is 0 Å². The van der Waals surface area contributed by atoms with E-state index in [1.165, 1.54) is 12.8 Å². The largest absolute Gasteiger partial charge is 0.352 e. The molecule has 0 aliphatic carbocycles. The molecule has 2 N–H and O–H groups in total.